The van der Waals surface area contributed by atoms with Gasteiger partial charge in [0.15, 0.2) is 0 Å². The summed E-state index contributed by atoms with van der Waals surface area (Å²) in [5.74, 6) is 0.522. The van der Waals surface area contributed by atoms with Gasteiger partial charge in [0.05, 0.1) is 13.2 Å². The third kappa shape index (κ3) is 2.09. The molecule has 2 heterocycles. The summed E-state index contributed by atoms with van der Waals surface area (Å²) in [5.41, 5.74) is 1.44. The van der Waals surface area contributed by atoms with Crippen LogP contribution in [0, 0.1) is 5.41 Å². The summed E-state index contributed by atoms with van der Waals surface area (Å²) in [5, 5.41) is 0. The number of ether oxygens (including phenoxy) is 2. The third-order valence-corrected chi connectivity index (χ3v) is 4.42. The Morgan fingerprint density at radius 3 is 2.85 bits per heavy atom. The Kier molecular flexibility index (Phi) is 3.24. The first-order valence-corrected chi connectivity index (χ1v) is 7.05. The van der Waals surface area contributed by atoms with Gasteiger partial charge in [0.1, 0.15) is 16.9 Å². The molecule has 1 aromatic rings. The molecule has 20 heavy (non-hydrogen) atoms. The van der Waals surface area contributed by atoms with E-state index in [1.807, 2.05) is 12.1 Å². The van der Waals surface area contributed by atoms with Crippen LogP contribution in [0.3, 0.4) is 0 Å². The number of rotatable bonds is 4. The van der Waals surface area contributed by atoms with Crippen LogP contribution in [0.2, 0.25) is 0 Å². The Hall–Kier alpha value is -1.84. The summed E-state index contributed by atoms with van der Waals surface area (Å²) in [4.78, 5) is 23.7. The molecule has 0 radical (unpaired) electrons. The van der Waals surface area contributed by atoms with E-state index in [0.717, 1.165) is 24.3 Å². The van der Waals surface area contributed by atoms with E-state index >= 15 is 0 Å². The first-order chi connectivity index (χ1) is 9.62. The van der Waals surface area contributed by atoms with Crippen molar-refractivity contribution in [2.24, 2.45) is 5.41 Å². The molecule has 0 N–H and O–H groups in total. The van der Waals surface area contributed by atoms with E-state index in [1.54, 1.807) is 0 Å². The van der Waals surface area contributed by atoms with Crippen molar-refractivity contribution in [3.8, 4) is 5.75 Å². The minimum absolute atomic E-state index is 0.0792. The molecule has 2 aliphatic heterocycles. The van der Waals surface area contributed by atoms with Crippen molar-refractivity contribution < 1.29 is 19.1 Å². The lowest BCUT2D eigenvalue weighted by Crippen LogP contribution is -2.34. The molecule has 1 fully saturated rings. The van der Waals surface area contributed by atoms with Gasteiger partial charge in [0.2, 0.25) is 0 Å². The fourth-order valence-corrected chi connectivity index (χ4v) is 3.03. The molecule has 1 atom stereocenters. The number of carbonyl (C=O) groups is 2. The average Bonchev–Trinajstić information content (AvgIpc) is 3.02. The largest absolute Gasteiger partial charge is 0.493 e. The van der Waals surface area contributed by atoms with E-state index in [1.165, 1.54) is 12.5 Å². The first-order valence-electron chi connectivity index (χ1n) is 7.05. The Morgan fingerprint density at radius 1 is 1.30 bits per heavy atom. The van der Waals surface area contributed by atoms with Crippen molar-refractivity contribution in [1.82, 2.24) is 0 Å². The van der Waals surface area contributed by atoms with Crippen LogP contribution in [0.4, 0.5) is 0 Å². The number of hydrogen-bond donors (Lipinski definition) is 0. The molecular formula is C16H18O4. The van der Waals surface area contributed by atoms with Gasteiger partial charge in [0, 0.05) is 12.8 Å². The number of hydrogen-bond acceptors (Lipinski definition) is 4. The summed E-state index contributed by atoms with van der Waals surface area (Å²) in [6.07, 6.45) is 2.68. The highest BCUT2D eigenvalue weighted by Crippen LogP contribution is 2.36. The summed E-state index contributed by atoms with van der Waals surface area (Å²) in [6, 6.07) is 6.11. The predicted molar refractivity (Wildman–Crippen MR) is 72.7 cm³/mol. The highest BCUT2D eigenvalue weighted by atomic mass is 16.5. The van der Waals surface area contributed by atoms with Gasteiger partial charge < -0.3 is 9.47 Å². The number of Topliss-reactive ketones (excluding diaryl/α,β-unsaturated/α-hetero) is 1. The number of ketones is 1. The maximum atomic E-state index is 11.9. The lowest BCUT2D eigenvalue weighted by Gasteiger charge is -2.21. The zero-order chi connectivity index (χ0) is 14.2. The second-order valence-electron chi connectivity index (χ2n) is 5.56. The van der Waals surface area contributed by atoms with Crippen molar-refractivity contribution in [2.45, 2.75) is 32.6 Å². The highest BCUT2D eigenvalue weighted by molar-refractivity contribution is 6.03. The Bertz CT molecular complexity index is 564. The number of esters is 1. The monoisotopic (exact) mass is 274 g/mol. The topological polar surface area (TPSA) is 52.6 Å². The lowest BCUT2D eigenvalue weighted by atomic mass is 9.77. The van der Waals surface area contributed by atoms with Crippen LogP contribution in [0.1, 0.15) is 30.9 Å². The maximum Gasteiger partial charge on any atom is 0.319 e. The van der Waals surface area contributed by atoms with Crippen LogP contribution >= 0.6 is 0 Å². The molecule has 4 nitrogen and oxygen atoms in total. The molecule has 106 valence electrons. The van der Waals surface area contributed by atoms with Crippen molar-refractivity contribution in [3.05, 3.63) is 29.3 Å². The zero-order valence-electron chi connectivity index (χ0n) is 11.6. The zero-order valence-corrected chi connectivity index (χ0v) is 11.6. The van der Waals surface area contributed by atoms with Gasteiger partial charge >= 0.3 is 5.97 Å². The molecule has 3 rings (SSSR count). The van der Waals surface area contributed by atoms with Gasteiger partial charge in [-0.05, 0) is 37.0 Å². The minimum atomic E-state index is -0.921. The molecular weight excluding hydrogens is 256 g/mol. The number of aryl methyl sites for hydroxylation is 1. The standard InChI is InChI=1S/C16H18O4/c1-11(17)16(7-9-20-15(16)18)6-4-12-2-3-14-13(10-12)5-8-19-14/h2-3,10H,4-9H2,1H3. The Labute approximate surface area is 118 Å². The minimum Gasteiger partial charge on any atom is -0.493 e. The Morgan fingerprint density at radius 2 is 2.15 bits per heavy atom. The van der Waals surface area contributed by atoms with E-state index in [0.29, 0.717) is 25.9 Å². The molecule has 0 spiro atoms. The van der Waals surface area contributed by atoms with Crippen LogP contribution in [0.15, 0.2) is 18.2 Å². The SMILES string of the molecule is CC(=O)C1(CCc2ccc3c(c2)CCO3)CCOC1=O. The summed E-state index contributed by atoms with van der Waals surface area (Å²) in [6.45, 7) is 2.59. The smallest absolute Gasteiger partial charge is 0.319 e. The fourth-order valence-electron chi connectivity index (χ4n) is 3.03. The van der Waals surface area contributed by atoms with E-state index < -0.39 is 5.41 Å². The van der Waals surface area contributed by atoms with Crippen LogP contribution in [-0.4, -0.2) is 25.0 Å². The molecule has 0 bridgehead atoms. The molecule has 0 aliphatic carbocycles. The van der Waals surface area contributed by atoms with E-state index in [-0.39, 0.29) is 11.8 Å². The fraction of sp³-hybridized carbons (Fsp3) is 0.500. The molecule has 0 aromatic heterocycles. The van der Waals surface area contributed by atoms with Gasteiger partial charge in [-0.1, -0.05) is 12.1 Å². The number of benzene rings is 1. The molecule has 1 saturated heterocycles. The normalized spacial score (nSPS) is 24.1. The van der Waals surface area contributed by atoms with Crippen molar-refractivity contribution in [2.75, 3.05) is 13.2 Å². The van der Waals surface area contributed by atoms with Crippen LogP contribution in [0.25, 0.3) is 0 Å². The summed E-state index contributed by atoms with van der Waals surface area (Å²) in [7, 11) is 0. The molecule has 1 unspecified atom stereocenters. The summed E-state index contributed by atoms with van der Waals surface area (Å²) < 4.78 is 10.5. The summed E-state index contributed by atoms with van der Waals surface area (Å²) >= 11 is 0. The highest BCUT2D eigenvalue weighted by Gasteiger charge is 2.48. The van der Waals surface area contributed by atoms with Crippen molar-refractivity contribution >= 4 is 11.8 Å². The first kappa shape index (κ1) is 13.2. The molecule has 0 amide bonds. The maximum absolute atomic E-state index is 11.9. The number of cyclic esters (lactones) is 1. The second-order valence-corrected chi connectivity index (χ2v) is 5.56. The van der Waals surface area contributed by atoms with Gasteiger partial charge in [-0.2, -0.15) is 0 Å². The molecule has 4 heteroatoms. The van der Waals surface area contributed by atoms with E-state index in [9.17, 15) is 9.59 Å². The van der Waals surface area contributed by atoms with E-state index in [4.69, 9.17) is 9.47 Å². The van der Waals surface area contributed by atoms with Gasteiger partial charge in [0.25, 0.3) is 0 Å². The quantitative estimate of drug-likeness (QED) is 0.623. The number of fused-ring (bicyclic) bond motifs is 1. The molecule has 0 saturated carbocycles. The van der Waals surface area contributed by atoms with Gasteiger partial charge in [-0.15, -0.1) is 0 Å². The van der Waals surface area contributed by atoms with Crippen molar-refractivity contribution in [3.63, 3.8) is 0 Å². The number of carbonyl (C=O) groups excluding carboxylic acids is 2. The third-order valence-electron chi connectivity index (χ3n) is 4.42. The predicted octanol–water partition coefficient (Wildman–Crippen LogP) is 2.08. The van der Waals surface area contributed by atoms with Crippen molar-refractivity contribution in [1.29, 1.82) is 0 Å². The molecule has 1 aromatic carbocycles. The van der Waals surface area contributed by atoms with E-state index in [2.05, 4.69) is 6.07 Å². The van der Waals surface area contributed by atoms with Gasteiger partial charge in [-0.25, -0.2) is 0 Å². The Balaban J connectivity index is 1.75. The van der Waals surface area contributed by atoms with Crippen LogP contribution in [-0.2, 0) is 27.2 Å². The van der Waals surface area contributed by atoms with Gasteiger partial charge in [-0.3, -0.25) is 9.59 Å². The second kappa shape index (κ2) is 4.93. The molecule has 2 aliphatic rings. The van der Waals surface area contributed by atoms with Crippen LogP contribution in [0.5, 0.6) is 5.75 Å². The van der Waals surface area contributed by atoms with Crippen LogP contribution < -0.4 is 4.74 Å². The average molecular weight is 274 g/mol. The lowest BCUT2D eigenvalue weighted by molar-refractivity contribution is -0.151.